The summed E-state index contributed by atoms with van der Waals surface area (Å²) in [7, 11) is 0. The summed E-state index contributed by atoms with van der Waals surface area (Å²) in [4.78, 5) is 0. The van der Waals surface area contributed by atoms with Crippen LogP contribution in [0.25, 0.3) is 0 Å². The molecule has 112 valence electrons. The highest BCUT2D eigenvalue weighted by atomic mass is 16.5. The summed E-state index contributed by atoms with van der Waals surface area (Å²) in [5.74, 6) is 0. The summed E-state index contributed by atoms with van der Waals surface area (Å²) in [6.45, 7) is 10.9. The largest absolute Gasteiger partial charge is 0.378 e. The highest BCUT2D eigenvalue weighted by Gasteiger charge is 2.22. The Labute approximate surface area is 123 Å². The fourth-order valence-corrected chi connectivity index (χ4v) is 3.09. The highest BCUT2D eigenvalue weighted by molar-refractivity contribution is 5.38. The molecule has 2 unspecified atom stereocenters. The molecule has 0 spiro atoms. The molecule has 0 saturated carbocycles. The lowest BCUT2D eigenvalue weighted by molar-refractivity contribution is 0.0945. The predicted molar refractivity (Wildman–Crippen MR) is 85.3 cm³/mol. The molecular weight excluding hydrogens is 246 g/mol. The lowest BCUT2D eigenvalue weighted by Gasteiger charge is -2.24. The first kappa shape index (κ1) is 15.5. The van der Waals surface area contributed by atoms with Gasteiger partial charge in [0.25, 0.3) is 0 Å². The monoisotopic (exact) mass is 275 g/mol. The van der Waals surface area contributed by atoms with Gasteiger partial charge in [-0.05, 0) is 75.3 Å². The van der Waals surface area contributed by atoms with Crippen LogP contribution in [0, 0.1) is 20.8 Å². The van der Waals surface area contributed by atoms with Crippen molar-refractivity contribution in [1.82, 2.24) is 5.32 Å². The Kier molecular flexibility index (Phi) is 5.62. The van der Waals surface area contributed by atoms with Crippen LogP contribution in [0.2, 0.25) is 0 Å². The molecule has 0 aromatic heterocycles. The summed E-state index contributed by atoms with van der Waals surface area (Å²) in [6, 6.07) is 5.12. The van der Waals surface area contributed by atoms with Gasteiger partial charge in [0, 0.05) is 12.6 Å². The fraction of sp³-hybridized carbons (Fsp3) is 0.667. The van der Waals surface area contributed by atoms with E-state index < -0.39 is 0 Å². The summed E-state index contributed by atoms with van der Waals surface area (Å²) >= 11 is 0. The van der Waals surface area contributed by atoms with Crippen molar-refractivity contribution in [2.75, 3.05) is 13.2 Å². The molecular formula is C18H29NO. The number of aryl methyl sites for hydroxylation is 3. The molecule has 2 nitrogen and oxygen atoms in total. The van der Waals surface area contributed by atoms with Crippen LogP contribution in [0.3, 0.4) is 0 Å². The summed E-state index contributed by atoms with van der Waals surface area (Å²) in [5.41, 5.74) is 5.63. The van der Waals surface area contributed by atoms with Gasteiger partial charge in [-0.3, -0.25) is 0 Å². The molecule has 0 radical (unpaired) electrons. The van der Waals surface area contributed by atoms with Crippen LogP contribution < -0.4 is 5.32 Å². The van der Waals surface area contributed by atoms with Crippen LogP contribution >= 0.6 is 0 Å². The maximum Gasteiger partial charge on any atom is 0.0594 e. The Bertz CT molecular complexity index is 435. The molecule has 2 rings (SSSR count). The molecule has 1 aliphatic heterocycles. The minimum absolute atomic E-state index is 0.428. The second-order valence-electron chi connectivity index (χ2n) is 6.17. The second-order valence-corrected chi connectivity index (χ2v) is 6.17. The Morgan fingerprint density at radius 1 is 1.20 bits per heavy atom. The van der Waals surface area contributed by atoms with Crippen LogP contribution in [-0.2, 0) is 4.74 Å². The molecule has 1 aromatic rings. The first-order valence-corrected chi connectivity index (χ1v) is 8.04. The molecule has 2 atom stereocenters. The topological polar surface area (TPSA) is 21.3 Å². The minimum Gasteiger partial charge on any atom is -0.378 e. The summed E-state index contributed by atoms with van der Waals surface area (Å²) in [6.07, 6.45) is 5.14. The van der Waals surface area contributed by atoms with Crippen molar-refractivity contribution in [3.05, 3.63) is 34.4 Å². The standard InChI is InChI=1S/C18H29NO/c1-5-8-19-18(12-16-7-6-9-20-16)17-11-14(3)13(2)10-15(17)4/h10-11,16,18-19H,5-9,12H2,1-4H3. The summed E-state index contributed by atoms with van der Waals surface area (Å²) in [5, 5.41) is 3.72. The number of hydrogen-bond donors (Lipinski definition) is 1. The molecule has 20 heavy (non-hydrogen) atoms. The van der Waals surface area contributed by atoms with Gasteiger partial charge in [-0.2, -0.15) is 0 Å². The average Bonchev–Trinajstić information content (AvgIpc) is 2.92. The van der Waals surface area contributed by atoms with Crippen LogP contribution in [0.4, 0.5) is 0 Å². The first-order chi connectivity index (χ1) is 9.61. The fourth-order valence-electron chi connectivity index (χ4n) is 3.09. The van der Waals surface area contributed by atoms with E-state index in [0.717, 1.165) is 19.6 Å². The predicted octanol–water partition coefficient (Wildman–Crippen LogP) is 4.22. The van der Waals surface area contributed by atoms with E-state index in [-0.39, 0.29) is 0 Å². The minimum atomic E-state index is 0.428. The molecule has 1 saturated heterocycles. The van der Waals surface area contributed by atoms with Gasteiger partial charge in [0.05, 0.1) is 6.10 Å². The lowest BCUT2D eigenvalue weighted by atomic mass is 9.92. The molecule has 2 heteroatoms. The van der Waals surface area contributed by atoms with E-state index in [0.29, 0.717) is 12.1 Å². The zero-order valence-corrected chi connectivity index (χ0v) is 13.5. The van der Waals surface area contributed by atoms with Crippen LogP contribution in [0.15, 0.2) is 12.1 Å². The van der Waals surface area contributed by atoms with Crippen LogP contribution in [0.1, 0.15) is 60.9 Å². The normalized spacial score (nSPS) is 20.3. The van der Waals surface area contributed by atoms with E-state index in [1.807, 2.05) is 0 Å². The molecule has 1 fully saturated rings. The van der Waals surface area contributed by atoms with Crippen molar-refractivity contribution < 1.29 is 4.74 Å². The van der Waals surface area contributed by atoms with Crippen LogP contribution in [-0.4, -0.2) is 19.3 Å². The summed E-state index contributed by atoms with van der Waals surface area (Å²) < 4.78 is 5.84. The maximum absolute atomic E-state index is 5.84. The molecule has 0 bridgehead atoms. The molecule has 1 heterocycles. The Morgan fingerprint density at radius 3 is 2.60 bits per heavy atom. The Hall–Kier alpha value is -0.860. The molecule has 1 aromatic carbocycles. The third kappa shape index (κ3) is 3.83. The Morgan fingerprint density at radius 2 is 1.95 bits per heavy atom. The quantitative estimate of drug-likeness (QED) is 0.839. The maximum atomic E-state index is 5.84. The molecule has 0 aliphatic carbocycles. The van der Waals surface area contributed by atoms with Gasteiger partial charge < -0.3 is 10.1 Å². The third-order valence-corrected chi connectivity index (χ3v) is 4.42. The van der Waals surface area contributed by atoms with Gasteiger partial charge in [0.2, 0.25) is 0 Å². The van der Waals surface area contributed by atoms with Crippen molar-refractivity contribution in [1.29, 1.82) is 0 Å². The number of rotatable bonds is 6. The zero-order chi connectivity index (χ0) is 14.5. The third-order valence-electron chi connectivity index (χ3n) is 4.42. The van der Waals surface area contributed by atoms with Gasteiger partial charge in [-0.1, -0.05) is 19.1 Å². The van der Waals surface area contributed by atoms with Crippen molar-refractivity contribution in [2.24, 2.45) is 0 Å². The molecule has 0 amide bonds. The van der Waals surface area contributed by atoms with Gasteiger partial charge >= 0.3 is 0 Å². The number of nitrogens with one attached hydrogen (secondary N) is 1. The van der Waals surface area contributed by atoms with Crippen molar-refractivity contribution in [3.8, 4) is 0 Å². The van der Waals surface area contributed by atoms with Gasteiger partial charge in [0.1, 0.15) is 0 Å². The van der Waals surface area contributed by atoms with E-state index in [1.165, 1.54) is 41.5 Å². The average molecular weight is 275 g/mol. The highest BCUT2D eigenvalue weighted by Crippen LogP contribution is 2.28. The van der Waals surface area contributed by atoms with E-state index in [4.69, 9.17) is 4.74 Å². The van der Waals surface area contributed by atoms with Gasteiger partial charge in [-0.15, -0.1) is 0 Å². The smallest absolute Gasteiger partial charge is 0.0594 e. The van der Waals surface area contributed by atoms with E-state index in [1.54, 1.807) is 0 Å². The SMILES string of the molecule is CCCNC(CC1CCCO1)c1cc(C)c(C)cc1C. The van der Waals surface area contributed by atoms with E-state index >= 15 is 0 Å². The number of ether oxygens (including phenoxy) is 1. The first-order valence-electron chi connectivity index (χ1n) is 8.04. The van der Waals surface area contributed by atoms with Crippen molar-refractivity contribution in [3.63, 3.8) is 0 Å². The van der Waals surface area contributed by atoms with E-state index in [9.17, 15) is 0 Å². The van der Waals surface area contributed by atoms with E-state index in [2.05, 4.69) is 45.1 Å². The Balaban J connectivity index is 2.18. The number of benzene rings is 1. The molecule has 1 N–H and O–H groups in total. The molecule has 1 aliphatic rings. The van der Waals surface area contributed by atoms with Crippen molar-refractivity contribution in [2.45, 2.75) is 65.5 Å². The van der Waals surface area contributed by atoms with Crippen molar-refractivity contribution >= 4 is 0 Å². The van der Waals surface area contributed by atoms with Gasteiger partial charge in [0.15, 0.2) is 0 Å². The van der Waals surface area contributed by atoms with Crippen LogP contribution in [0.5, 0.6) is 0 Å². The lowest BCUT2D eigenvalue weighted by Crippen LogP contribution is -2.27. The van der Waals surface area contributed by atoms with Gasteiger partial charge in [-0.25, -0.2) is 0 Å². The number of hydrogen-bond acceptors (Lipinski definition) is 2. The zero-order valence-electron chi connectivity index (χ0n) is 13.5. The second kappa shape index (κ2) is 7.24.